The molecule has 0 radical (unpaired) electrons. The Labute approximate surface area is 121 Å². The van der Waals surface area contributed by atoms with Gasteiger partial charge in [0.25, 0.3) is 5.91 Å². The largest absolute Gasteiger partial charge is 0.389 e. The van der Waals surface area contributed by atoms with E-state index in [0.29, 0.717) is 18.7 Å². The summed E-state index contributed by atoms with van der Waals surface area (Å²) in [6.07, 6.45) is 1.76. The molecule has 0 unspecified atom stereocenters. The van der Waals surface area contributed by atoms with Crippen LogP contribution in [0.3, 0.4) is 0 Å². The molecule has 5 heteroatoms. The molecular formula is C15H27N3O2. The molecule has 1 amide bonds. The number of carbonyl (C=O) groups is 1. The summed E-state index contributed by atoms with van der Waals surface area (Å²) in [5.41, 5.74) is 0.307. The predicted molar refractivity (Wildman–Crippen MR) is 79.8 cm³/mol. The smallest absolute Gasteiger partial charge is 0.257 e. The molecule has 0 aliphatic rings. The zero-order chi connectivity index (χ0) is 15.7. The summed E-state index contributed by atoms with van der Waals surface area (Å²) in [5.74, 6) is -0.0762. The van der Waals surface area contributed by atoms with Gasteiger partial charge in [-0.05, 0) is 20.8 Å². The molecule has 0 saturated heterocycles. The minimum atomic E-state index is -0.907. The number of rotatable bonds is 4. The van der Waals surface area contributed by atoms with Crippen molar-refractivity contribution in [2.24, 2.45) is 7.05 Å². The van der Waals surface area contributed by atoms with Gasteiger partial charge in [0.1, 0.15) is 0 Å². The first-order valence-electron chi connectivity index (χ1n) is 7.01. The van der Waals surface area contributed by atoms with Crippen molar-refractivity contribution in [2.75, 3.05) is 13.1 Å². The summed E-state index contributed by atoms with van der Waals surface area (Å²) in [6.45, 7) is 12.3. The van der Waals surface area contributed by atoms with Crippen LogP contribution in [-0.2, 0) is 12.5 Å². The van der Waals surface area contributed by atoms with E-state index in [9.17, 15) is 9.90 Å². The standard InChI is InChI=1S/C15H27N3O2/c1-8-18(10-15(5,6)20)13(19)11-9-17(7)16-12(11)14(2,3)4/h9,20H,8,10H2,1-7H3. The quantitative estimate of drug-likeness (QED) is 0.917. The molecule has 0 spiro atoms. The molecule has 5 nitrogen and oxygen atoms in total. The van der Waals surface area contributed by atoms with Gasteiger partial charge in [-0.1, -0.05) is 20.8 Å². The summed E-state index contributed by atoms with van der Waals surface area (Å²) >= 11 is 0. The summed E-state index contributed by atoms with van der Waals surface area (Å²) in [5, 5.41) is 14.4. The summed E-state index contributed by atoms with van der Waals surface area (Å²) in [7, 11) is 1.82. The molecule has 0 aliphatic heterocycles. The number of aryl methyl sites for hydroxylation is 1. The Balaban J connectivity index is 3.14. The maximum absolute atomic E-state index is 12.7. The fourth-order valence-electron chi connectivity index (χ4n) is 2.16. The topological polar surface area (TPSA) is 58.4 Å². The van der Waals surface area contributed by atoms with E-state index in [0.717, 1.165) is 5.69 Å². The SMILES string of the molecule is CCN(CC(C)(C)O)C(=O)c1cn(C)nc1C(C)(C)C. The van der Waals surface area contributed by atoms with Crippen LogP contribution in [0.15, 0.2) is 6.20 Å². The number of carbonyl (C=O) groups excluding carboxylic acids is 1. The number of hydrogen-bond donors (Lipinski definition) is 1. The first-order valence-corrected chi connectivity index (χ1v) is 7.01. The highest BCUT2D eigenvalue weighted by Gasteiger charge is 2.29. The third-order valence-corrected chi connectivity index (χ3v) is 3.02. The minimum Gasteiger partial charge on any atom is -0.389 e. The number of likely N-dealkylation sites (N-methyl/N-ethyl adjacent to an activating group) is 1. The summed E-state index contributed by atoms with van der Waals surface area (Å²) < 4.78 is 1.67. The molecule has 1 aromatic rings. The van der Waals surface area contributed by atoms with Gasteiger partial charge in [-0.25, -0.2) is 0 Å². The van der Waals surface area contributed by atoms with Crippen LogP contribution in [-0.4, -0.2) is 44.4 Å². The molecule has 0 bridgehead atoms. The zero-order valence-corrected chi connectivity index (χ0v) is 13.7. The van der Waals surface area contributed by atoms with Crippen LogP contribution < -0.4 is 0 Å². The lowest BCUT2D eigenvalue weighted by Crippen LogP contribution is -2.42. The fraction of sp³-hybridized carbons (Fsp3) is 0.733. The maximum Gasteiger partial charge on any atom is 0.257 e. The van der Waals surface area contributed by atoms with Crippen LogP contribution in [0, 0.1) is 0 Å². The van der Waals surface area contributed by atoms with Gasteiger partial charge in [-0.15, -0.1) is 0 Å². The van der Waals surface area contributed by atoms with Crippen LogP contribution in [0.5, 0.6) is 0 Å². The second-order valence-corrected chi connectivity index (χ2v) is 6.95. The molecule has 114 valence electrons. The molecule has 0 aliphatic carbocycles. The predicted octanol–water partition coefficient (Wildman–Crippen LogP) is 1.95. The molecule has 1 heterocycles. The van der Waals surface area contributed by atoms with E-state index in [4.69, 9.17) is 0 Å². The Morgan fingerprint density at radius 2 is 1.90 bits per heavy atom. The van der Waals surface area contributed by atoms with Crippen molar-refractivity contribution in [3.8, 4) is 0 Å². The van der Waals surface area contributed by atoms with Gasteiger partial charge in [0.2, 0.25) is 0 Å². The molecule has 1 rings (SSSR count). The number of amides is 1. The van der Waals surface area contributed by atoms with Crippen LogP contribution in [0.4, 0.5) is 0 Å². The second kappa shape index (κ2) is 5.56. The maximum atomic E-state index is 12.7. The molecular weight excluding hydrogens is 254 g/mol. The van der Waals surface area contributed by atoms with E-state index < -0.39 is 5.60 Å². The van der Waals surface area contributed by atoms with Crippen molar-refractivity contribution in [1.29, 1.82) is 0 Å². The lowest BCUT2D eigenvalue weighted by molar-refractivity contribution is 0.0313. The summed E-state index contributed by atoms with van der Waals surface area (Å²) in [4.78, 5) is 14.4. The van der Waals surface area contributed by atoms with Crippen molar-refractivity contribution in [3.05, 3.63) is 17.5 Å². The Morgan fingerprint density at radius 1 is 1.35 bits per heavy atom. The molecule has 1 N–H and O–H groups in total. The fourth-order valence-corrected chi connectivity index (χ4v) is 2.16. The first-order chi connectivity index (χ1) is 8.95. The van der Waals surface area contributed by atoms with E-state index in [1.54, 1.807) is 29.6 Å². The van der Waals surface area contributed by atoms with Crippen LogP contribution in [0.25, 0.3) is 0 Å². The van der Waals surface area contributed by atoms with Crippen molar-refractivity contribution >= 4 is 5.91 Å². The molecule has 0 fully saturated rings. The third kappa shape index (κ3) is 4.07. The molecule has 0 atom stereocenters. The van der Waals surface area contributed by atoms with Crippen LogP contribution >= 0.6 is 0 Å². The highest BCUT2D eigenvalue weighted by atomic mass is 16.3. The van der Waals surface area contributed by atoms with Gasteiger partial charge < -0.3 is 10.0 Å². The first kappa shape index (κ1) is 16.7. The van der Waals surface area contributed by atoms with Crippen LogP contribution in [0.2, 0.25) is 0 Å². The zero-order valence-electron chi connectivity index (χ0n) is 13.7. The molecule has 20 heavy (non-hydrogen) atoms. The van der Waals surface area contributed by atoms with Gasteiger partial charge in [0.15, 0.2) is 0 Å². The van der Waals surface area contributed by atoms with Crippen molar-refractivity contribution in [1.82, 2.24) is 14.7 Å². The Hall–Kier alpha value is -1.36. The Bertz CT molecular complexity index is 478. The highest BCUT2D eigenvalue weighted by Crippen LogP contribution is 2.25. The second-order valence-electron chi connectivity index (χ2n) is 6.95. The van der Waals surface area contributed by atoms with E-state index in [2.05, 4.69) is 5.10 Å². The highest BCUT2D eigenvalue weighted by molar-refractivity contribution is 5.95. The van der Waals surface area contributed by atoms with E-state index in [-0.39, 0.29) is 11.3 Å². The van der Waals surface area contributed by atoms with Crippen LogP contribution in [0.1, 0.15) is 57.6 Å². The van der Waals surface area contributed by atoms with Gasteiger partial charge in [-0.3, -0.25) is 9.48 Å². The van der Waals surface area contributed by atoms with Gasteiger partial charge >= 0.3 is 0 Å². The lowest BCUT2D eigenvalue weighted by Gasteiger charge is -2.28. The van der Waals surface area contributed by atoms with E-state index in [1.807, 2.05) is 34.7 Å². The van der Waals surface area contributed by atoms with Crippen molar-refractivity contribution in [3.63, 3.8) is 0 Å². The van der Waals surface area contributed by atoms with Gasteiger partial charge in [0.05, 0.1) is 16.9 Å². The Kier molecular flexibility index (Phi) is 4.64. The average molecular weight is 281 g/mol. The summed E-state index contributed by atoms with van der Waals surface area (Å²) in [6, 6.07) is 0. The lowest BCUT2D eigenvalue weighted by atomic mass is 9.89. The minimum absolute atomic E-state index is 0.0762. The molecule has 0 saturated carbocycles. The third-order valence-electron chi connectivity index (χ3n) is 3.02. The average Bonchev–Trinajstić information content (AvgIpc) is 2.65. The van der Waals surface area contributed by atoms with Crippen molar-refractivity contribution in [2.45, 2.75) is 52.6 Å². The number of nitrogens with zero attached hydrogens (tertiary/aromatic N) is 3. The van der Waals surface area contributed by atoms with Gasteiger partial charge in [0, 0.05) is 31.7 Å². The normalized spacial score (nSPS) is 12.6. The van der Waals surface area contributed by atoms with E-state index in [1.165, 1.54) is 0 Å². The van der Waals surface area contributed by atoms with Gasteiger partial charge in [-0.2, -0.15) is 5.10 Å². The van der Waals surface area contributed by atoms with Crippen molar-refractivity contribution < 1.29 is 9.90 Å². The number of aliphatic hydroxyl groups is 1. The molecule has 0 aromatic carbocycles. The molecule has 1 aromatic heterocycles. The number of aromatic nitrogens is 2. The monoisotopic (exact) mass is 281 g/mol. The van der Waals surface area contributed by atoms with E-state index >= 15 is 0 Å². The Morgan fingerprint density at radius 3 is 2.30 bits per heavy atom. The number of hydrogen-bond acceptors (Lipinski definition) is 3.